The number of halogens is 1. The van der Waals surface area contributed by atoms with Crippen LogP contribution in [-0.4, -0.2) is 105 Å². The molecule has 51 heavy (non-hydrogen) atoms. The topological polar surface area (TPSA) is 112 Å². The number of sulfonamides is 1. The number of β-amino-alcohol motifs (C(OH)–C–C–N with tert-alkyl or cyclic N) is 1. The molecule has 7 rings (SSSR count). The molecule has 3 fully saturated rings. The Balaban J connectivity index is 1.19. The van der Waals surface area contributed by atoms with Gasteiger partial charge in [-0.05, 0) is 111 Å². The Morgan fingerprint density at radius 1 is 0.961 bits per heavy atom. The van der Waals surface area contributed by atoms with E-state index in [-0.39, 0.29) is 23.3 Å². The SMILES string of the molecule is C[C@@H]1[C@@H](C)CCC[C@](O)(CN2CC(N3CCOCC3)C2)[C@@H]2CC[C@H]2CN2CCCCc3cc(Cl)ccc3COc3ccc(cc32)C(=O)NS1(=O)=O. The van der Waals surface area contributed by atoms with Crippen LogP contribution >= 0.6 is 11.6 Å². The first-order chi connectivity index (χ1) is 24.5. The predicted molar refractivity (Wildman–Crippen MR) is 200 cm³/mol. The predicted octanol–water partition coefficient (Wildman–Crippen LogP) is 5.10. The van der Waals surface area contributed by atoms with Gasteiger partial charge in [0.25, 0.3) is 5.91 Å². The van der Waals surface area contributed by atoms with Crippen LogP contribution in [0.15, 0.2) is 36.4 Å². The van der Waals surface area contributed by atoms with Crippen molar-refractivity contribution in [2.24, 2.45) is 17.8 Å². The molecule has 5 aliphatic rings. The summed E-state index contributed by atoms with van der Waals surface area (Å²) in [5, 5.41) is 12.6. The van der Waals surface area contributed by atoms with Crippen LogP contribution in [0.4, 0.5) is 5.69 Å². The molecule has 2 aromatic rings. The lowest BCUT2D eigenvalue weighted by Crippen LogP contribution is -2.65. The number of carbonyl (C=O) groups is 1. The van der Waals surface area contributed by atoms with Crippen molar-refractivity contribution >= 4 is 33.2 Å². The molecule has 2 aromatic carbocycles. The number of hydrogen-bond acceptors (Lipinski definition) is 9. The van der Waals surface area contributed by atoms with Gasteiger partial charge in [-0.25, -0.2) is 13.1 Å². The van der Waals surface area contributed by atoms with E-state index in [4.69, 9.17) is 21.1 Å². The van der Waals surface area contributed by atoms with Gasteiger partial charge in [-0.2, -0.15) is 0 Å². The molecule has 280 valence electrons. The van der Waals surface area contributed by atoms with Crippen LogP contribution in [0.2, 0.25) is 5.02 Å². The maximum Gasteiger partial charge on any atom is 0.264 e. The van der Waals surface area contributed by atoms with E-state index in [0.29, 0.717) is 42.8 Å². The van der Waals surface area contributed by atoms with Gasteiger partial charge < -0.3 is 19.5 Å². The lowest BCUT2D eigenvalue weighted by Gasteiger charge is -2.54. The number of fused-ring (bicyclic) bond motifs is 3. The van der Waals surface area contributed by atoms with E-state index in [2.05, 4.69) is 19.4 Å². The summed E-state index contributed by atoms with van der Waals surface area (Å²) in [5.41, 5.74) is 2.46. The summed E-state index contributed by atoms with van der Waals surface area (Å²) in [7, 11) is -3.94. The summed E-state index contributed by atoms with van der Waals surface area (Å²) in [4.78, 5) is 20.8. The minimum Gasteiger partial charge on any atom is -0.487 e. The van der Waals surface area contributed by atoms with Crippen LogP contribution in [0.25, 0.3) is 0 Å². The molecule has 0 spiro atoms. The van der Waals surface area contributed by atoms with Gasteiger partial charge in [0.2, 0.25) is 10.0 Å². The van der Waals surface area contributed by atoms with Gasteiger partial charge in [-0.15, -0.1) is 0 Å². The summed E-state index contributed by atoms with van der Waals surface area (Å²) < 4.78 is 41.5. The third-order valence-electron chi connectivity index (χ3n) is 12.6. The van der Waals surface area contributed by atoms with Crippen molar-refractivity contribution < 1.29 is 27.8 Å². The average Bonchev–Trinajstić information content (AvgIpc) is 3.10. The Bertz CT molecular complexity index is 1660. The Morgan fingerprint density at radius 2 is 1.76 bits per heavy atom. The number of amides is 1. The highest BCUT2D eigenvalue weighted by atomic mass is 35.5. The van der Waals surface area contributed by atoms with E-state index in [0.717, 1.165) is 102 Å². The van der Waals surface area contributed by atoms with Crippen LogP contribution < -0.4 is 14.4 Å². The number of benzene rings is 2. The van der Waals surface area contributed by atoms with Gasteiger partial charge in [0.05, 0.1) is 29.8 Å². The molecule has 4 aliphatic heterocycles. The molecule has 0 unspecified atom stereocenters. The monoisotopic (exact) mass is 742 g/mol. The Labute approximate surface area is 308 Å². The third-order valence-corrected chi connectivity index (χ3v) is 14.7. The largest absolute Gasteiger partial charge is 0.487 e. The van der Waals surface area contributed by atoms with Gasteiger partial charge in [-0.3, -0.25) is 14.6 Å². The molecular formula is C39H55ClN4O6S. The van der Waals surface area contributed by atoms with Gasteiger partial charge in [-0.1, -0.05) is 31.0 Å². The second-order valence-corrected chi connectivity index (χ2v) is 18.4. The van der Waals surface area contributed by atoms with Crippen LogP contribution in [-0.2, 0) is 27.8 Å². The second-order valence-electron chi connectivity index (χ2n) is 15.9. The second kappa shape index (κ2) is 15.5. The van der Waals surface area contributed by atoms with Crippen molar-refractivity contribution in [3.63, 3.8) is 0 Å². The van der Waals surface area contributed by atoms with Gasteiger partial charge in [0, 0.05) is 62.4 Å². The molecule has 5 atom stereocenters. The molecular weight excluding hydrogens is 688 g/mol. The highest BCUT2D eigenvalue weighted by Gasteiger charge is 2.49. The number of rotatable bonds is 3. The van der Waals surface area contributed by atoms with Crippen molar-refractivity contribution in [1.82, 2.24) is 14.5 Å². The zero-order chi connectivity index (χ0) is 35.8. The lowest BCUT2D eigenvalue weighted by atomic mass is 9.62. The summed E-state index contributed by atoms with van der Waals surface area (Å²) in [6.45, 7) is 11.5. The Hall–Kier alpha value is -2.41. The summed E-state index contributed by atoms with van der Waals surface area (Å²) in [6.07, 6.45) is 6.78. The first-order valence-corrected chi connectivity index (χ1v) is 21.0. The normalized spacial score (nSPS) is 31.5. The fraction of sp³-hybridized carbons (Fsp3) is 0.667. The van der Waals surface area contributed by atoms with Crippen LogP contribution in [0.5, 0.6) is 5.75 Å². The van der Waals surface area contributed by atoms with Crippen LogP contribution in [0, 0.1) is 17.8 Å². The average molecular weight is 743 g/mol. The van der Waals surface area contributed by atoms with Gasteiger partial charge >= 0.3 is 0 Å². The molecule has 2 saturated heterocycles. The first-order valence-electron chi connectivity index (χ1n) is 19.1. The van der Waals surface area contributed by atoms with Crippen molar-refractivity contribution in [3.05, 3.63) is 58.1 Å². The molecule has 4 heterocycles. The number of hydrogen-bond donors (Lipinski definition) is 2. The molecule has 2 N–H and O–H groups in total. The van der Waals surface area contributed by atoms with E-state index in [1.54, 1.807) is 25.1 Å². The Morgan fingerprint density at radius 3 is 2.53 bits per heavy atom. The lowest BCUT2D eigenvalue weighted by molar-refractivity contribution is -0.126. The number of nitrogens with one attached hydrogen (secondary N) is 1. The maximum atomic E-state index is 13.6. The van der Waals surface area contributed by atoms with E-state index >= 15 is 0 Å². The number of anilines is 1. The molecule has 0 aromatic heterocycles. The van der Waals surface area contributed by atoms with E-state index in [1.165, 1.54) is 5.56 Å². The first kappa shape index (κ1) is 36.9. The summed E-state index contributed by atoms with van der Waals surface area (Å²) in [5.74, 6) is 0.251. The van der Waals surface area contributed by atoms with Crippen molar-refractivity contribution in [3.8, 4) is 5.75 Å². The quantitative estimate of drug-likeness (QED) is 0.444. The zero-order valence-corrected chi connectivity index (χ0v) is 31.8. The highest BCUT2D eigenvalue weighted by Crippen LogP contribution is 2.47. The zero-order valence-electron chi connectivity index (χ0n) is 30.2. The highest BCUT2D eigenvalue weighted by molar-refractivity contribution is 7.90. The molecule has 0 radical (unpaired) electrons. The minimum atomic E-state index is -3.94. The molecule has 1 aliphatic carbocycles. The third kappa shape index (κ3) is 8.24. The van der Waals surface area contributed by atoms with Gasteiger partial charge in [0.15, 0.2) is 0 Å². The number of likely N-dealkylation sites (tertiary alicyclic amines) is 1. The number of carbonyl (C=O) groups excluding carboxylic acids is 1. The van der Waals surface area contributed by atoms with E-state index in [9.17, 15) is 18.3 Å². The van der Waals surface area contributed by atoms with Crippen molar-refractivity contribution in [2.75, 3.05) is 63.9 Å². The van der Waals surface area contributed by atoms with Crippen LogP contribution in [0.3, 0.4) is 0 Å². The van der Waals surface area contributed by atoms with Crippen molar-refractivity contribution in [2.45, 2.75) is 88.7 Å². The Kier molecular flexibility index (Phi) is 11.2. The number of aliphatic hydroxyl groups is 1. The van der Waals surface area contributed by atoms with Crippen molar-refractivity contribution in [1.29, 1.82) is 0 Å². The molecule has 10 nitrogen and oxygen atoms in total. The minimum absolute atomic E-state index is 0.129. The smallest absolute Gasteiger partial charge is 0.264 e. The fourth-order valence-corrected chi connectivity index (χ4v) is 10.5. The molecule has 1 saturated carbocycles. The summed E-state index contributed by atoms with van der Waals surface area (Å²) in [6, 6.07) is 11.7. The number of nitrogens with zero attached hydrogens (tertiary/aromatic N) is 3. The fourth-order valence-electron chi connectivity index (χ4n) is 9.02. The van der Waals surface area contributed by atoms with E-state index in [1.807, 2.05) is 25.1 Å². The summed E-state index contributed by atoms with van der Waals surface area (Å²) >= 11 is 6.38. The van der Waals surface area contributed by atoms with E-state index < -0.39 is 26.8 Å². The number of ether oxygens (including phenoxy) is 2. The van der Waals surface area contributed by atoms with Crippen LogP contribution in [0.1, 0.15) is 80.3 Å². The maximum absolute atomic E-state index is 13.6. The standard InChI is InChI=1S/C39H55ClN4O6S/c1-27-6-5-14-39(46,26-42-23-34(24-42)43-16-18-49-19-17-43)35-12-9-31(35)22-44-15-4-3-7-29-20-33(40)11-8-32(29)25-50-37-13-10-30(21-36(37)44)38(45)41-51(47,48)28(27)2/h8,10-11,13,20-21,27-28,31,34-35,46H,3-7,9,12,14-19,22-26H2,1-2H3,(H,41,45)/t27-,28+,31-,35+,39-/m0/s1. The molecule has 2 bridgehead atoms. The number of aryl methyl sites for hydroxylation is 1. The van der Waals surface area contributed by atoms with Gasteiger partial charge in [0.1, 0.15) is 12.4 Å². The molecule has 1 amide bonds. The molecule has 12 heteroatoms. The number of morpholine rings is 1.